The lowest BCUT2D eigenvalue weighted by Crippen LogP contribution is -2.20. The van der Waals surface area contributed by atoms with Crippen LogP contribution in [0.3, 0.4) is 0 Å². The summed E-state index contributed by atoms with van der Waals surface area (Å²) in [5.74, 6) is 0.129. The summed E-state index contributed by atoms with van der Waals surface area (Å²) in [4.78, 5) is 33.0. The Morgan fingerprint density at radius 3 is 2.72 bits per heavy atom. The van der Waals surface area contributed by atoms with E-state index in [4.69, 9.17) is 0 Å². The molecule has 0 radical (unpaired) electrons. The predicted molar refractivity (Wildman–Crippen MR) is 66.6 cm³/mol. The molecule has 0 spiro atoms. The van der Waals surface area contributed by atoms with Crippen LogP contribution in [-0.2, 0) is 11.3 Å². The van der Waals surface area contributed by atoms with Gasteiger partial charge in [-0.1, -0.05) is 6.92 Å². The molecule has 1 rings (SSSR count). The van der Waals surface area contributed by atoms with Crippen molar-refractivity contribution in [3.63, 3.8) is 0 Å². The van der Waals surface area contributed by atoms with Gasteiger partial charge in [0.25, 0.3) is 11.2 Å². The van der Waals surface area contributed by atoms with Gasteiger partial charge < -0.3 is 4.57 Å². The fraction of sp³-hybridized carbons (Fsp3) is 0.500. The molecule has 0 bridgehead atoms. The summed E-state index contributed by atoms with van der Waals surface area (Å²) in [7, 11) is 0. The highest BCUT2D eigenvalue weighted by Crippen LogP contribution is 2.14. The maximum atomic E-state index is 11.6. The van der Waals surface area contributed by atoms with Gasteiger partial charge in [-0.2, -0.15) is 0 Å². The highest BCUT2D eigenvalue weighted by Gasteiger charge is 2.13. The minimum Gasteiger partial charge on any atom is -0.309 e. The van der Waals surface area contributed by atoms with Crippen LogP contribution in [0.5, 0.6) is 0 Å². The van der Waals surface area contributed by atoms with Gasteiger partial charge >= 0.3 is 0 Å². The van der Waals surface area contributed by atoms with Crippen molar-refractivity contribution in [3.8, 4) is 0 Å². The van der Waals surface area contributed by atoms with Gasteiger partial charge in [0.1, 0.15) is 5.78 Å². The summed E-state index contributed by atoms with van der Waals surface area (Å²) in [5, 5.41) is 10.7. The molecule has 18 heavy (non-hydrogen) atoms. The second-order valence-electron chi connectivity index (χ2n) is 4.13. The van der Waals surface area contributed by atoms with Gasteiger partial charge in [0, 0.05) is 31.0 Å². The van der Waals surface area contributed by atoms with Crippen LogP contribution in [0, 0.1) is 17.0 Å². The molecule has 6 heteroatoms. The molecular weight excluding hydrogens is 236 g/mol. The monoisotopic (exact) mass is 252 g/mol. The molecule has 98 valence electrons. The Morgan fingerprint density at radius 2 is 2.17 bits per heavy atom. The topological polar surface area (TPSA) is 82.2 Å². The Morgan fingerprint density at radius 1 is 1.50 bits per heavy atom. The first-order valence-electron chi connectivity index (χ1n) is 5.83. The molecule has 0 aliphatic rings. The summed E-state index contributed by atoms with van der Waals surface area (Å²) >= 11 is 0. The molecule has 0 aromatic carbocycles. The third-order valence-corrected chi connectivity index (χ3v) is 2.75. The van der Waals surface area contributed by atoms with E-state index < -0.39 is 4.92 Å². The quantitative estimate of drug-likeness (QED) is 0.571. The standard InChI is InChI=1S/C12H16N2O4/c1-3-10(15)5-4-6-13-8-11(14(17)18)9(2)7-12(13)16/h7-8H,3-6H2,1-2H3. The summed E-state index contributed by atoms with van der Waals surface area (Å²) in [6.45, 7) is 3.64. The first kappa shape index (κ1) is 14.1. The zero-order valence-electron chi connectivity index (χ0n) is 10.5. The molecule has 0 aliphatic carbocycles. The zero-order chi connectivity index (χ0) is 13.7. The Labute approximate surface area is 104 Å². The second-order valence-corrected chi connectivity index (χ2v) is 4.13. The van der Waals surface area contributed by atoms with E-state index in [-0.39, 0.29) is 17.0 Å². The van der Waals surface area contributed by atoms with E-state index in [1.54, 1.807) is 6.92 Å². The molecule has 1 heterocycles. The van der Waals surface area contributed by atoms with Crippen LogP contribution in [0.1, 0.15) is 31.7 Å². The summed E-state index contributed by atoms with van der Waals surface area (Å²) in [5.41, 5.74) is 0.00403. The third-order valence-electron chi connectivity index (χ3n) is 2.75. The highest BCUT2D eigenvalue weighted by molar-refractivity contribution is 5.77. The number of carbonyl (C=O) groups excluding carboxylic acids is 1. The van der Waals surface area contributed by atoms with Crippen LogP contribution in [0.2, 0.25) is 0 Å². The Balaban J connectivity index is 2.83. The van der Waals surface area contributed by atoms with Crippen molar-refractivity contribution in [1.29, 1.82) is 0 Å². The predicted octanol–water partition coefficient (Wildman–Crippen LogP) is 1.82. The molecule has 0 saturated carbocycles. The van der Waals surface area contributed by atoms with Crippen molar-refractivity contribution in [3.05, 3.63) is 38.3 Å². The van der Waals surface area contributed by atoms with Crippen LogP contribution in [0.4, 0.5) is 5.69 Å². The van der Waals surface area contributed by atoms with Gasteiger partial charge in [-0.25, -0.2) is 0 Å². The molecular formula is C12H16N2O4. The van der Waals surface area contributed by atoms with Crippen LogP contribution in [0.25, 0.3) is 0 Å². The lowest BCUT2D eigenvalue weighted by Gasteiger charge is -2.06. The number of aromatic nitrogens is 1. The van der Waals surface area contributed by atoms with Crippen LogP contribution >= 0.6 is 0 Å². The van der Waals surface area contributed by atoms with Gasteiger partial charge in [-0.15, -0.1) is 0 Å². The number of carbonyl (C=O) groups is 1. The molecule has 0 saturated heterocycles. The van der Waals surface area contributed by atoms with Crippen molar-refractivity contribution < 1.29 is 9.72 Å². The summed E-state index contributed by atoms with van der Waals surface area (Å²) in [6.07, 6.45) is 2.63. The summed E-state index contributed by atoms with van der Waals surface area (Å²) in [6, 6.07) is 1.25. The van der Waals surface area contributed by atoms with Crippen molar-refractivity contribution in [1.82, 2.24) is 4.57 Å². The number of nitro groups is 1. The van der Waals surface area contributed by atoms with E-state index in [0.717, 1.165) is 0 Å². The molecule has 0 N–H and O–H groups in total. The van der Waals surface area contributed by atoms with Gasteiger partial charge in [0.2, 0.25) is 0 Å². The van der Waals surface area contributed by atoms with Crippen molar-refractivity contribution >= 4 is 11.5 Å². The van der Waals surface area contributed by atoms with Crippen molar-refractivity contribution in [2.24, 2.45) is 0 Å². The fourth-order valence-electron chi connectivity index (χ4n) is 1.64. The number of nitrogens with zero attached hydrogens (tertiary/aromatic N) is 2. The molecule has 0 aliphatic heterocycles. The lowest BCUT2D eigenvalue weighted by molar-refractivity contribution is -0.385. The molecule has 0 atom stereocenters. The number of Topliss-reactive ketones (excluding diaryl/α,β-unsaturated/α-hetero) is 1. The largest absolute Gasteiger partial charge is 0.309 e. The van der Waals surface area contributed by atoms with E-state index in [2.05, 4.69) is 0 Å². The SMILES string of the molecule is CCC(=O)CCCn1cc([N+](=O)[O-])c(C)cc1=O. The minimum absolute atomic E-state index is 0.0728. The Bertz CT molecular complexity index is 519. The van der Waals surface area contributed by atoms with Gasteiger partial charge in [-0.05, 0) is 13.3 Å². The van der Waals surface area contributed by atoms with E-state index >= 15 is 0 Å². The molecule has 1 aromatic heterocycles. The number of pyridine rings is 1. The molecule has 0 fully saturated rings. The van der Waals surface area contributed by atoms with E-state index in [1.807, 2.05) is 0 Å². The second kappa shape index (κ2) is 6.09. The number of ketones is 1. The smallest absolute Gasteiger partial charge is 0.288 e. The normalized spacial score (nSPS) is 10.3. The minimum atomic E-state index is -0.511. The average molecular weight is 252 g/mol. The first-order chi connectivity index (χ1) is 8.45. The van der Waals surface area contributed by atoms with E-state index in [0.29, 0.717) is 31.4 Å². The van der Waals surface area contributed by atoms with Gasteiger partial charge in [-0.3, -0.25) is 19.7 Å². The number of rotatable bonds is 6. The number of hydrogen-bond acceptors (Lipinski definition) is 4. The molecule has 6 nitrogen and oxygen atoms in total. The average Bonchev–Trinajstić information content (AvgIpc) is 2.31. The molecule has 0 amide bonds. The van der Waals surface area contributed by atoms with Crippen molar-refractivity contribution in [2.75, 3.05) is 0 Å². The maximum absolute atomic E-state index is 11.6. The Kier molecular flexibility index (Phi) is 4.76. The van der Waals surface area contributed by atoms with Gasteiger partial charge in [0.05, 0.1) is 11.1 Å². The van der Waals surface area contributed by atoms with E-state index in [9.17, 15) is 19.7 Å². The molecule has 0 unspecified atom stereocenters. The highest BCUT2D eigenvalue weighted by atomic mass is 16.6. The Hall–Kier alpha value is -1.98. The van der Waals surface area contributed by atoms with Gasteiger partial charge in [0.15, 0.2) is 0 Å². The maximum Gasteiger partial charge on any atom is 0.288 e. The summed E-state index contributed by atoms with van der Waals surface area (Å²) < 4.78 is 1.29. The number of hydrogen-bond donors (Lipinski definition) is 0. The molecule has 1 aromatic rings. The van der Waals surface area contributed by atoms with E-state index in [1.165, 1.54) is 23.8 Å². The van der Waals surface area contributed by atoms with Crippen molar-refractivity contribution in [2.45, 2.75) is 39.7 Å². The van der Waals surface area contributed by atoms with Crippen LogP contribution in [0.15, 0.2) is 17.1 Å². The number of aryl methyl sites for hydroxylation is 2. The fourth-order valence-corrected chi connectivity index (χ4v) is 1.64. The zero-order valence-corrected chi connectivity index (χ0v) is 10.5. The first-order valence-corrected chi connectivity index (χ1v) is 5.83. The van der Waals surface area contributed by atoms with Crippen LogP contribution in [-0.4, -0.2) is 15.3 Å². The lowest BCUT2D eigenvalue weighted by atomic mass is 10.2. The van der Waals surface area contributed by atoms with Crippen LogP contribution < -0.4 is 5.56 Å². The third kappa shape index (κ3) is 3.51.